The third-order valence-corrected chi connectivity index (χ3v) is 2.45. The molecule has 2 rings (SSSR count). The Bertz CT molecular complexity index is 479. The van der Waals surface area contributed by atoms with Gasteiger partial charge in [0.15, 0.2) is 0 Å². The van der Waals surface area contributed by atoms with E-state index in [1.54, 1.807) is 10.7 Å². The van der Waals surface area contributed by atoms with Gasteiger partial charge in [-0.1, -0.05) is 13.0 Å². The van der Waals surface area contributed by atoms with Crippen molar-refractivity contribution in [3.63, 3.8) is 0 Å². The van der Waals surface area contributed by atoms with E-state index in [1.165, 1.54) is 12.1 Å². The Labute approximate surface area is 100 Å². The zero-order valence-electron chi connectivity index (χ0n) is 9.86. The van der Waals surface area contributed by atoms with Crippen LogP contribution >= 0.6 is 0 Å². The lowest BCUT2D eigenvalue weighted by Gasteiger charge is -2.01. The smallest absolute Gasteiger partial charge is 0.125 e. The van der Waals surface area contributed by atoms with E-state index in [1.807, 2.05) is 18.3 Å². The highest BCUT2D eigenvalue weighted by Crippen LogP contribution is 2.09. The van der Waals surface area contributed by atoms with Crippen LogP contribution in [0.1, 0.15) is 19.0 Å². The van der Waals surface area contributed by atoms with Gasteiger partial charge >= 0.3 is 0 Å². The summed E-state index contributed by atoms with van der Waals surface area (Å²) in [5.41, 5.74) is 1.70. The highest BCUT2D eigenvalue weighted by atomic mass is 19.1. The SMILES string of the molecule is CCCNCc1ccn(-c2cccc(F)c2)n1. The minimum atomic E-state index is -0.247. The fourth-order valence-electron chi connectivity index (χ4n) is 1.61. The Hall–Kier alpha value is -1.68. The molecule has 1 aromatic carbocycles. The van der Waals surface area contributed by atoms with Gasteiger partial charge in [0.1, 0.15) is 5.82 Å². The quantitative estimate of drug-likeness (QED) is 0.804. The summed E-state index contributed by atoms with van der Waals surface area (Å²) in [6.07, 6.45) is 2.95. The zero-order valence-corrected chi connectivity index (χ0v) is 9.86. The van der Waals surface area contributed by atoms with E-state index in [0.29, 0.717) is 0 Å². The van der Waals surface area contributed by atoms with Crippen LogP contribution in [0.15, 0.2) is 36.5 Å². The lowest BCUT2D eigenvalue weighted by atomic mass is 10.3. The highest BCUT2D eigenvalue weighted by molar-refractivity contribution is 5.31. The van der Waals surface area contributed by atoms with E-state index in [0.717, 1.165) is 30.9 Å². The summed E-state index contributed by atoms with van der Waals surface area (Å²) in [4.78, 5) is 0. The van der Waals surface area contributed by atoms with Crippen LogP contribution in [0.2, 0.25) is 0 Å². The van der Waals surface area contributed by atoms with Crippen molar-refractivity contribution >= 4 is 0 Å². The summed E-state index contributed by atoms with van der Waals surface area (Å²) in [5, 5.41) is 7.66. The van der Waals surface area contributed by atoms with E-state index in [2.05, 4.69) is 17.3 Å². The number of rotatable bonds is 5. The number of benzene rings is 1. The highest BCUT2D eigenvalue weighted by Gasteiger charge is 2.01. The van der Waals surface area contributed by atoms with Crippen molar-refractivity contribution in [3.8, 4) is 5.69 Å². The molecule has 90 valence electrons. The molecule has 0 saturated heterocycles. The number of nitrogens with one attached hydrogen (secondary N) is 1. The summed E-state index contributed by atoms with van der Waals surface area (Å²) in [5.74, 6) is -0.247. The topological polar surface area (TPSA) is 29.9 Å². The second-order valence-corrected chi connectivity index (χ2v) is 3.91. The van der Waals surface area contributed by atoms with Crippen LogP contribution < -0.4 is 5.32 Å². The molecule has 0 aliphatic rings. The molecular weight excluding hydrogens is 217 g/mol. The number of aromatic nitrogens is 2. The molecule has 0 amide bonds. The molecule has 4 heteroatoms. The molecule has 0 aliphatic carbocycles. The largest absolute Gasteiger partial charge is 0.311 e. The van der Waals surface area contributed by atoms with Crippen molar-refractivity contribution in [3.05, 3.63) is 48.0 Å². The van der Waals surface area contributed by atoms with Gasteiger partial charge in [0, 0.05) is 12.7 Å². The average Bonchev–Trinajstić information content (AvgIpc) is 2.78. The van der Waals surface area contributed by atoms with Gasteiger partial charge in [-0.2, -0.15) is 5.10 Å². The normalized spacial score (nSPS) is 10.7. The second kappa shape index (κ2) is 5.59. The first-order valence-electron chi connectivity index (χ1n) is 5.81. The van der Waals surface area contributed by atoms with Gasteiger partial charge in [-0.25, -0.2) is 9.07 Å². The molecule has 0 bridgehead atoms. The van der Waals surface area contributed by atoms with Crippen molar-refractivity contribution in [2.45, 2.75) is 19.9 Å². The summed E-state index contributed by atoms with van der Waals surface area (Å²) < 4.78 is 14.7. The van der Waals surface area contributed by atoms with Crippen LogP contribution in [-0.2, 0) is 6.54 Å². The van der Waals surface area contributed by atoms with Crippen molar-refractivity contribution in [2.75, 3.05) is 6.54 Å². The van der Waals surface area contributed by atoms with Gasteiger partial charge in [-0.05, 0) is 37.2 Å². The summed E-state index contributed by atoms with van der Waals surface area (Å²) >= 11 is 0. The Balaban J connectivity index is 2.07. The second-order valence-electron chi connectivity index (χ2n) is 3.91. The molecule has 0 unspecified atom stereocenters. The van der Waals surface area contributed by atoms with E-state index in [-0.39, 0.29) is 5.82 Å². The minimum Gasteiger partial charge on any atom is -0.311 e. The maximum atomic E-state index is 13.1. The van der Waals surface area contributed by atoms with Crippen LogP contribution in [0.5, 0.6) is 0 Å². The van der Waals surface area contributed by atoms with E-state index < -0.39 is 0 Å². The first-order chi connectivity index (χ1) is 8.29. The van der Waals surface area contributed by atoms with Crippen molar-refractivity contribution in [1.29, 1.82) is 0 Å². The average molecular weight is 233 g/mol. The summed E-state index contributed by atoms with van der Waals surface area (Å²) in [6, 6.07) is 8.35. The maximum absolute atomic E-state index is 13.1. The molecule has 2 aromatic rings. The molecule has 1 heterocycles. The van der Waals surface area contributed by atoms with Gasteiger partial charge in [-0.3, -0.25) is 0 Å². The standard InChI is InChI=1S/C13H16FN3/c1-2-7-15-10-12-6-8-17(16-12)13-5-3-4-11(14)9-13/h3-6,8-9,15H,2,7,10H2,1H3. The van der Waals surface area contributed by atoms with Crippen molar-refractivity contribution in [2.24, 2.45) is 0 Å². The van der Waals surface area contributed by atoms with Gasteiger partial charge in [0.25, 0.3) is 0 Å². The fourth-order valence-corrected chi connectivity index (χ4v) is 1.61. The van der Waals surface area contributed by atoms with Crippen LogP contribution in [0.4, 0.5) is 4.39 Å². The number of halogens is 1. The molecular formula is C13H16FN3. The van der Waals surface area contributed by atoms with E-state index in [9.17, 15) is 4.39 Å². The Morgan fingerprint density at radius 1 is 1.35 bits per heavy atom. The van der Waals surface area contributed by atoms with Crippen molar-refractivity contribution in [1.82, 2.24) is 15.1 Å². The van der Waals surface area contributed by atoms with E-state index >= 15 is 0 Å². The Kier molecular flexibility index (Phi) is 3.88. The molecule has 0 atom stereocenters. The molecule has 0 spiro atoms. The molecule has 0 fully saturated rings. The van der Waals surface area contributed by atoms with E-state index in [4.69, 9.17) is 0 Å². The van der Waals surface area contributed by atoms with Gasteiger partial charge in [0.05, 0.1) is 11.4 Å². The summed E-state index contributed by atoms with van der Waals surface area (Å²) in [7, 11) is 0. The monoisotopic (exact) mass is 233 g/mol. The molecule has 0 saturated carbocycles. The molecule has 17 heavy (non-hydrogen) atoms. The molecule has 1 aromatic heterocycles. The van der Waals surface area contributed by atoms with Crippen LogP contribution in [-0.4, -0.2) is 16.3 Å². The maximum Gasteiger partial charge on any atom is 0.125 e. The number of hydrogen-bond acceptors (Lipinski definition) is 2. The van der Waals surface area contributed by atoms with Gasteiger partial charge in [0.2, 0.25) is 0 Å². The lowest BCUT2D eigenvalue weighted by Crippen LogP contribution is -2.14. The Morgan fingerprint density at radius 2 is 2.24 bits per heavy atom. The van der Waals surface area contributed by atoms with Crippen LogP contribution in [0.3, 0.4) is 0 Å². The third kappa shape index (κ3) is 3.14. The molecule has 1 N–H and O–H groups in total. The lowest BCUT2D eigenvalue weighted by molar-refractivity contribution is 0.624. The first-order valence-corrected chi connectivity index (χ1v) is 5.81. The molecule has 0 radical (unpaired) electrons. The number of nitrogens with zero attached hydrogens (tertiary/aromatic N) is 2. The molecule has 0 aliphatic heterocycles. The summed E-state index contributed by atoms with van der Waals surface area (Å²) in [6.45, 7) is 3.85. The predicted octanol–water partition coefficient (Wildman–Crippen LogP) is 2.51. The third-order valence-electron chi connectivity index (χ3n) is 2.45. The van der Waals surface area contributed by atoms with Crippen LogP contribution in [0, 0.1) is 5.82 Å². The first kappa shape index (κ1) is 11.8. The minimum absolute atomic E-state index is 0.247. The van der Waals surface area contributed by atoms with Gasteiger partial charge < -0.3 is 5.32 Å². The van der Waals surface area contributed by atoms with Crippen LogP contribution in [0.25, 0.3) is 5.69 Å². The zero-order chi connectivity index (χ0) is 12.1. The number of hydrogen-bond donors (Lipinski definition) is 1. The van der Waals surface area contributed by atoms with Crippen molar-refractivity contribution < 1.29 is 4.39 Å². The predicted molar refractivity (Wildman–Crippen MR) is 65.5 cm³/mol. The van der Waals surface area contributed by atoms with Gasteiger partial charge in [-0.15, -0.1) is 0 Å². The Morgan fingerprint density at radius 3 is 3.00 bits per heavy atom. The molecule has 3 nitrogen and oxygen atoms in total. The fraction of sp³-hybridized carbons (Fsp3) is 0.308.